The van der Waals surface area contributed by atoms with E-state index >= 15 is 0 Å². The molecule has 0 radical (unpaired) electrons. The standard InChI is InChI=1S/C21H32N4OS/c1-7-22-20(23-12-11-19-25-15(2)16(3)27-19)24-14-21(4,5)17-9-8-10-18(13-17)26-6/h8-10,13H,7,11-12,14H2,1-6H3,(H2,22,23,24). The molecule has 0 saturated carbocycles. The second-order valence-electron chi connectivity index (χ2n) is 7.24. The topological polar surface area (TPSA) is 58.5 Å². The van der Waals surface area contributed by atoms with Crippen LogP contribution in [-0.2, 0) is 11.8 Å². The quantitative estimate of drug-likeness (QED) is 0.533. The Morgan fingerprint density at radius 3 is 2.67 bits per heavy atom. The Balaban J connectivity index is 1.98. The van der Waals surface area contributed by atoms with Gasteiger partial charge >= 0.3 is 0 Å². The van der Waals surface area contributed by atoms with Gasteiger partial charge in [0.05, 0.1) is 24.4 Å². The molecule has 0 bridgehead atoms. The minimum absolute atomic E-state index is 0.0829. The third kappa shape index (κ3) is 6.24. The Hall–Kier alpha value is -2.08. The van der Waals surface area contributed by atoms with Gasteiger partial charge in [0.2, 0.25) is 0 Å². The van der Waals surface area contributed by atoms with Crippen molar-refractivity contribution in [2.75, 3.05) is 26.7 Å². The minimum Gasteiger partial charge on any atom is -0.497 e. The van der Waals surface area contributed by atoms with Gasteiger partial charge in [0.25, 0.3) is 0 Å². The molecule has 0 saturated heterocycles. The van der Waals surface area contributed by atoms with E-state index in [2.05, 4.69) is 62.4 Å². The molecule has 0 spiro atoms. The van der Waals surface area contributed by atoms with E-state index in [-0.39, 0.29) is 5.41 Å². The van der Waals surface area contributed by atoms with Gasteiger partial charge in [-0.25, -0.2) is 4.98 Å². The number of hydrogen-bond acceptors (Lipinski definition) is 4. The molecule has 6 heteroatoms. The molecular formula is C21H32N4OS. The normalized spacial score (nSPS) is 12.1. The van der Waals surface area contributed by atoms with Crippen molar-refractivity contribution in [1.29, 1.82) is 0 Å². The number of methoxy groups -OCH3 is 1. The van der Waals surface area contributed by atoms with Crippen molar-refractivity contribution in [1.82, 2.24) is 15.6 Å². The average molecular weight is 389 g/mol. The van der Waals surface area contributed by atoms with Crippen molar-refractivity contribution in [3.8, 4) is 5.75 Å². The number of thiazole rings is 1. The fourth-order valence-corrected chi connectivity index (χ4v) is 3.62. The van der Waals surface area contributed by atoms with E-state index in [1.165, 1.54) is 15.4 Å². The number of hydrogen-bond donors (Lipinski definition) is 2. The zero-order chi connectivity index (χ0) is 19.9. The van der Waals surface area contributed by atoms with Crippen molar-refractivity contribution < 1.29 is 4.74 Å². The Labute approximate surface area is 167 Å². The lowest BCUT2D eigenvalue weighted by Crippen LogP contribution is -2.39. The summed E-state index contributed by atoms with van der Waals surface area (Å²) in [6, 6.07) is 8.21. The second kappa shape index (κ2) is 9.74. The van der Waals surface area contributed by atoms with Crippen LogP contribution >= 0.6 is 11.3 Å². The molecule has 0 unspecified atom stereocenters. The highest BCUT2D eigenvalue weighted by Gasteiger charge is 2.21. The van der Waals surface area contributed by atoms with Gasteiger partial charge in [-0.15, -0.1) is 11.3 Å². The summed E-state index contributed by atoms with van der Waals surface area (Å²) in [4.78, 5) is 10.7. The predicted molar refractivity (Wildman–Crippen MR) is 115 cm³/mol. The molecule has 2 aromatic rings. The van der Waals surface area contributed by atoms with E-state index in [0.29, 0.717) is 6.54 Å². The summed E-state index contributed by atoms with van der Waals surface area (Å²) in [5, 5.41) is 7.93. The number of guanidine groups is 1. The van der Waals surface area contributed by atoms with Crippen LogP contribution in [0.2, 0.25) is 0 Å². The van der Waals surface area contributed by atoms with Crippen LogP contribution < -0.4 is 15.4 Å². The van der Waals surface area contributed by atoms with Gasteiger partial charge in [-0.05, 0) is 38.5 Å². The van der Waals surface area contributed by atoms with E-state index in [9.17, 15) is 0 Å². The molecule has 0 aliphatic heterocycles. The van der Waals surface area contributed by atoms with E-state index < -0.39 is 0 Å². The number of aryl methyl sites for hydroxylation is 2. The first-order valence-corrected chi connectivity index (χ1v) is 10.3. The van der Waals surface area contributed by atoms with Gasteiger partial charge in [-0.1, -0.05) is 26.0 Å². The first-order valence-electron chi connectivity index (χ1n) is 9.45. The first-order chi connectivity index (χ1) is 12.9. The van der Waals surface area contributed by atoms with Crippen molar-refractivity contribution >= 4 is 17.3 Å². The number of aromatic nitrogens is 1. The van der Waals surface area contributed by atoms with Gasteiger partial charge in [-0.3, -0.25) is 4.99 Å². The molecule has 0 fully saturated rings. The molecule has 1 aromatic carbocycles. The van der Waals surface area contributed by atoms with Crippen LogP contribution in [-0.4, -0.2) is 37.7 Å². The summed E-state index contributed by atoms with van der Waals surface area (Å²) in [7, 11) is 1.70. The molecule has 1 heterocycles. The Morgan fingerprint density at radius 2 is 2.04 bits per heavy atom. The highest BCUT2D eigenvalue weighted by Crippen LogP contribution is 2.26. The average Bonchev–Trinajstić information content (AvgIpc) is 2.97. The van der Waals surface area contributed by atoms with Crippen LogP contribution in [0.1, 0.15) is 41.9 Å². The lowest BCUT2D eigenvalue weighted by atomic mass is 9.85. The zero-order valence-corrected chi connectivity index (χ0v) is 18.2. The molecule has 148 valence electrons. The number of nitrogens with zero attached hydrogens (tertiary/aromatic N) is 2. The minimum atomic E-state index is -0.0829. The molecule has 1 aromatic heterocycles. The fourth-order valence-electron chi connectivity index (χ4n) is 2.69. The molecule has 5 nitrogen and oxygen atoms in total. The summed E-state index contributed by atoms with van der Waals surface area (Å²) in [5.74, 6) is 1.72. The number of ether oxygens (including phenoxy) is 1. The third-order valence-corrected chi connectivity index (χ3v) is 5.66. The van der Waals surface area contributed by atoms with Crippen LogP contribution in [0.3, 0.4) is 0 Å². The summed E-state index contributed by atoms with van der Waals surface area (Å²) in [5.41, 5.74) is 2.27. The Bertz CT molecular complexity index is 748. The highest BCUT2D eigenvalue weighted by molar-refractivity contribution is 7.11. The smallest absolute Gasteiger partial charge is 0.191 e. The van der Waals surface area contributed by atoms with E-state index in [4.69, 9.17) is 9.73 Å². The number of rotatable bonds is 8. The van der Waals surface area contributed by atoms with Crippen molar-refractivity contribution in [3.05, 3.63) is 45.4 Å². The highest BCUT2D eigenvalue weighted by atomic mass is 32.1. The van der Waals surface area contributed by atoms with E-state index in [0.717, 1.165) is 36.9 Å². The summed E-state index contributed by atoms with van der Waals surface area (Å²) in [6.07, 6.45) is 0.906. The van der Waals surface area contributed by atoms with Crippen molar-refractivity contribution in [2.24, 2.45) is 4.99 Å². The predicted octanol–water partition coefficient (Wildman–Crippen LogP) is 3.84. The van der Waals surface area contributed by atoms with Crippen LogP contribution in [0.25, 0.3) is 0 Å². The van der Waals surface area contributed by atoms with Gasteiger partial charge in [0.15, 0.2) is 5.96 Å². The molecule has 0 aliphatic carbocycles. The Kier molecular flexibility index (Phi) is 7.66. The molecule has 2 rings (SSSR count). The maximum Gasteiger partial charge on any atom is 0.191 e. The summed E-state index contributed by atoms with van der Waals surface area (Å²) in [6.45, 7) is 13.0. The van der Waals surface area contributed by atoms with Crippen molar-refractivity contribution in [3.63, 3.8) is 0 Å². The van der Waals surface area contributed by atoms with Gasteiger partial charge < -0.3 is 15.4 Å². The lowest BCUT2D eigenvalue weighted by molar-refractivity contribution is 0.412. The third-order valence-electron chi connectivity index (χ3n) is 4.53. The van der Waals surface area contributed by atoms with E-state index in [1.54, 1.807) is 18.4 Å². The Morgan fingerprint density at radius 1 is 1.26 bits per heavy atom. The lowest BCUT2D eigenvalue weighted by Gasteiger charge is -2.24. The SMILES string of the molecule is CCNC(=NCC(C)(C)c1cccc(OC)c1)NCCc1nc(C)c(C)s1. The van der Waals surface area contributed by atoms with E-state index in [1.807, 2.05) is 12.1 Å². The molecule has 27 heavy (non-hydrogen) atoms. The number of aliphatic imine (C=N–C) groups is 1. The maximum absolute atomic E-state index is 5.35. The zero-order valence-electron chi connectivity index (χ0n) is 17.3. The molecule has 0 amide bonds. The number of nitrogens with one attached hydrogen (secondary N) is 2. The van der Waals surface area contributed by atoms with Crippen LogP contribution in [0, 0.1) is 13.8 Å². The molecule has 0 atom stereocenters. The molecule has 0 aliphatic rings. The van der Waals surface area contributed by atoms with Crippen LogP contribution in [0.5, 0.6) is 5.75 Å². The fraction of sp³-hybridized carbons (Fsp3) is 0.524. The van der Waals surface area contributed by atoms with Gasteiger partial charge in [-0.2, -0.15) is 0 Å². The van der Waals surface area contributed by atoms with Gasteiger partial charge in [0.1, 0.15) is 5.75 Å². The van der Waals surface area contributed by atoms with Crippen LogP contribution in [0.4, 0.5) is 0 Å². The molecular weight excluding hydrogens is 356 g/mol. The molecule has 2 N–H and O–H groups in total. The summed E-state index contributed by atoms with van der Waals surface area (Å²) < 4.78 is 5.35. The number of benzene rings is 1. The van der Waals surface area contributed by atoms with Crippen molar-refractivity contribution in [2.45, 2.75) is 46.5 Å². The monoisotopic (exact) mass is 388 g/mol. The first kappa shape index (κ1) is 21.2. The summed E-state index contributed by atoms with van der Waals surface area (Å²) >= 11 is 1.77. The second-order valence-corrected chi connectivity index (χ2v) is 8.52. The van der Waals surface area contributed by atoms with Gasteiger partial charge in [0, 0.05) is 29.8 Å². The largest absolute Gasteiger partial charge is 0.497 e. The van der Waals surface area contributed by atoms with Crippen LogP contribution in [0.15, 0.2) is 29.3 Å². The maximum atomic E-state index is 5.35.